The molecule has 0 N–H and O–H groups in total. The van der Waals surface area contributed by atoms with Crippen LogP contribution in [0.2, 0.25) is 0 Å². The first-order valence-electron chi connectivity index (χ1n) is 7.93. The highest BCUT2D eigenvalue weighted by Crippen LogP contribution is 2.35. The van der Waals surface area contributed by atoms with Gasteiger partial charge in [-0.3, -0.25) is 4.79 Å². The van der Waals surface area contributed by atoms with Gasteiger partial charge >= 0.3 is 0 Å². The highest BCUT2D eigenvalue weighted by molar-refractivity contribution is 5.45. The second-order valence-corrected chi connectivity index (χ2v) is 6.32. The van der Waals surface area contributed by atoms with Gasteiger partial charge in [-0.05, 0) is 30.5 Å². The number of halogens is 2. The Hall–Kier alpha value is -2.44. The first-order chi connectivity index (χ1) is 11.6. The minimum atomic E-state index is -0.977. The molecule has 1 saturated carbocycles. The highest BCUT2D eigenvalue weighted by atomic mass is 19.2. The number of hydrogen-bond acceptors (Lipinski definition) is 4. The summed E-state index contributed by atoms with van der Waals surface area (Å²) in [6.45, 7) is 1.09. The first kappa shape index (κ1) is 15.1. The zero-order chi connectivity index (χ0) is 16.8. The molecule has 0 bridgehead atoms. The van der Waals surface area contributed by atoms with E-state index >= 15 is 0 Å². The molecule has 1 aromatic heterocycles. The zero-order valence-electron chi connectivity index (χ0n) is 13.2. The van der Waals surface area contributed by atoms with Gasteiger partial charge in [-0.25, -0.2) is 9.37 Å². The molecule has 0 radical (unpaired) electrons. The highest BCUT2D eigenvalue weighted by Gasteiger charge is 2.33. The largest absolute Gasteiger partial charge is 0.494 e. The number of ether oxygens (including phenoxy) is 1. The molecule has 24 heavy (non-hydrogen) atoms. The van der Waals surface area contributed by atoms with Crippen LogP contribution in [0, 0.1) is 11.6 Å². The predicted molar refractivity (Wildman–Crippen MR) is 84.6 cm³/mol. The molecule has 5 nitrogen and oxygen atoms in total. The average molecular weight is 333 g/mol. The van der Waals surface area contributed by atoms with Crippen molar-refractivity contribution in [3.05, 3.63) is 52.1 Å². The predicted octanol–water partition coefficient (Wildman–Crippen LogP) is 2.47. The number of nitrogens with zero attached hydrogens (tertiary/aromatic N) is 3. The third-order valence-electron chi connectivity index (χ3n) is 4.68. The van der Waals surface area contributed by atoms with Crippen molar-refractivity contribution in [2.45, 2.75) is 24.8 Å². The Balaban J connectivity index is 1.54. The lowest BCUT2D eigenvalue weighted by molar-refractivity contribution is 0.369. The minimum absolute atomic E-state index is 0.0183. The number of anilines is 1. The molecule has 2 fully saturated rings. The van der Waals surface area contributed by atoms with Crippen molar-refractivity contribution in [1.29, 1.82) is 0 Å². The van der Waals surface area contributed by atoms with Crippen molar-refractivity contribution >= 4 is 5.82 Å². The molecule has 1 saturated heterocycles. The van der Waals surface area contributed by atoms with E-state index < -0.39 is 11.6 Å². The molecule has 0 atom stereocenters. The summed E-state index contributed by atoms with van der Waals surface area (Å²) in [5.41, 5.74) is 0.585. The third kappa shape index (κ3) is 2.44. The lowest BCUT2D eigenvalue weighted by Crippen LogP contribution is -2.48. The van der Waals surface area contributed by atoms with E-state index in [1.807, 2.05) is 4.90 Å². The fourth-order valence-corrected chi connectivity index (χ4v) is 3.10. The second kappa shape index (κ2) is 5.58. The van der Waals surface area contributed by atoms with Gasteiger partial charge in [0, 0.05) is 37.4 Å². The summed E-state index contributed by atoms with van der Waals surface area (Å²) in [6.07, 6.45) is 5.42. The molecule has 0 spiro atoms. The Morgan fingerprint density at radius 3 is 2.67 bits per heavy atom. The van der Waals surface area contributed by atoms with Gasteiger partial charge in [0.25, 0.3) is 5.56 Å². The SMILES string of the molecule is COc1cc(C2CN(c3nccn(C4CC4)c3=O)C2)cc(F)c1F. The van der Waals surface area contributed by atoms with Crippen LogP contribution in [0.15, 0.2) is 29.3 Å². The van der Waals surface area contributed by atoms with E-state index in [2.05, 4.69) is 4.98 Å². The summed E-state index contributed by atoms with van der Waals surface area (Å²) in [5.74, 6) is -1.55. The number of methoxy groups -OCH3 is 1. The standard InChI is InChI=1S/C17H17F2N3O2/c1-24-14-7-10(6-13(18)15(14)19)11-8-21(9-11)16-17(23)22(5-4-20-16)12-2-3-12/h4-7,11-12H,2-3,8-9H2,1H3. The fourth-order valence-electron chi connectivity index (χ4n) is 3.10. The van der Waals surface area contributed by atoms with Crippen LogP contribution in [-0.4, -0.2) is 29.8 Å². The van der Waals surface area contributed by atoms with Gasteiger partial charge in [0.05, 0.1) is 7.11 Å². The molecular weight excluding hydrogens is 316 g/mol. The Kier molecular flexibility index (Phi) is 3.51. The van der Waals surface area contributed by atoms with E-state index in [-0.39, 0.29) is 17.2 Å². The van der Waals surface area contributed by atoms with E-state index in [9.17, 15) is 13.6 Å². The quantitative estimate of drug-likeness (QED) is 0.862. The molecule has 4 rings (SSSR count). The zero-order valence-corrected chi connectivity index (χ0v) is 13.2. The van der Waals surface area contributed by atoms with E-state index in [1.54, 1.807) is 17.0 Å². The van der Waals surface area contributed by atoms with Gasteiger partial charge in [-0.1, -0.05) is 0 Å². The molecule has 126 valence electrons. The van der Waals surface area contributed by atoms with Crippen LogP contribution in [0.1, 0.15) is 30.4 Å². The Morgan fingerprint density at radius 2 is 2.00 bits per heavy atom. The van der Waals surface area contributed by atoms with E-state index in [0.29, 0.717) is 30.5 Å². The van der Waals surface area contributed by atoms with Crippen LogP contribution in [0.4, 0.5) is 14.6 Å². The van der Waals surface area contributed by atoms with Gasteiger partial charge < -0.3 is 14.2 Å². The molecule has 1 aliphatic carbocycles. The van der Waals surface area contributed by atoms with Gasteiger partial charge in [-0.15, -0.1) is 0 Å². The summed E-state index contributed by atoms with van der Waals surface area (Å²) in [7, 11) is 1.31. The van der Waals surface area contributed by atoms with Crippen LogP contribution in [0.3, 0.4) is 0 Å². The molecule has 1 aromatic carbocycles. The molecule has 7 heteroatoms. The summed E-state index contributed by atoms with van der Waals surface area (Å²) in [4.78, 5) is 18.5. The average Bonchev–Trinajstić information content (AvgIpc) is 3.35. The van der Waals surface area contributed by atoms with E-state index in [0.717, 1.165) is 12.8 Å². The Morgan fingerprint density at radius 1 is 1.25 bits per heavy atom. The summed E-state index contributed by atoms with van der Waals surface area (Å²) < 4.78 is 33.8. The number of aromatic nitrogens is 2. The molecule has 1 aliphatic heterocycles. The topological polar surface area (TPSA) is 47.4 Å². The normalized spacial score (nSPS) is 17.7. The number of rotatable bonds is 4. The molecular formula is C17H17F2N3O2. The Bertz CT molecular complexity index is 842. The number of hydrogen-bond donors (Lipinski definition) is 0. The minimum Gasteiger partial charge on any atom is -0.494 e. The molecule has 0 amide bonds. The van der Waals surface area contributed by atoms with Crippen LogP contribution in [0.5, 0.6) is 5.75 Å². The summed E-state index contributed by atoms with van der Waals surface area (Å²) in [5, 5.41) is 0. The Labute approximate surface area is 137 Å². The van der Waals surface area contributed by atoms with Crippen molar-refractivity contribution < 1.29 is 13.5 Å². The van der Waals surface area contributed by atoms with Gasteiger partial charge in [0.2, 0.25) is 5.82 Å². The van der Waals surface area contributed by atoms with Gasteiger partial charge in [0.15, 0.2) is 17.4 Å². The monoisotopic (exact) mass is 333 g/mol. The second-order valence-electron chi connectivity index (χ2n) is 6.32. The van der Waals surface area contributed by atoms with Crippen LogP contribution in [-0.2, 0) is 0 Å². The maximum Gasteiger partial charge on any atom is 0.293 e. The molecule has 2 aromatic rings. The third-order valence-corrected chi connectivity index (χ3v) is 4.68. The molecule has 2 heterocycles. The maximum atomic E-state index is 13.6. The van der Waals surface area contributed by atoms with Crippen molar-refractivity contribution in [2.75, 3.05) is 25.1 Å². The summed E-state index contributed by atoms with van der Waals surface area (Å²) in [6, 6.07) is 3.01. The van der Waals surface area contributed by atoms with E-state index in [4.69, 9.17) is 4.74 Å². The van der Waals surface area contributed by atoms with Crippen molar-refractivity contribution in [3.8, 4) is 5.75 Å². The van der Waals surface area contributed by atoms with Gasteiger partial charge in [-0.2, -0.15) is 4.39 Å². The van der Waals surface area contributed by atoms with Crippen LogP contribution < -0.4 is 15.2 Å². The lowest BCUT2D eigenvalue weighted by atomic mass is 9.91. The number of benzene rings is 1. The van der Waals surface area contributed by atoms with Crippen molar-refractivity contribution in [2.24, 2.45) is 0 Å². The lowest BCUT2D eigenvalue weighted by Gasteiger charge is -2.40. The van der Waals surface area contributed by atoms with E-state index in [1.165, 1.54) is 19.2 Å². The van der Waals surface area contributed by atoms with Crippen LogP contribution in [0.25, 0.3) is 0 Å². The summed E-state index contributed by atoms with van der Waals surface area (Å²) >= 11 is 0. The van der Waals surface area contributed by atoms with Crippen molar-refractivity contribution in [1.82, 2.24) is 9.55 Å². The maximum absolute atomic E-state index is 13.6. The van der Waals surface area contributed by atoms with Crippen molar-refractivity contribution in [3.63, 3.8) is 0 Å². The van der Waals surface area contributed by atoms with Crippen LogP contribution >= 0.6 is 0 Å². The molecule has 2 aliphatic rings. The fraction of sp³-hybridized carbons (Fsp3) is 0.412. The first-order valence-corrected chi connectivity index (χ1v) is 7.93. The smallest absolute Gasteiger partial charge is 0.293 e. The molecule has 0 unspecified atom stereocenters. The van der Waals surface area contributed by atoms with Gasteiger partial charge in [0.1, 0.15) is 0 Å².